The number of hydrogen-bond acceptors (Lipinski definition) is 5. The van der Waals surface area contributed by atoms with Crippen LogP contribution in [0.3, 0.4) is 0 Å². The van der Waals surface area contributed by atoms with E-state index in [1.807, 2.05) is 18.2 Å². The summed E-state index contributed by atoms with van der Waals surface area (Å²) in [5, 5.41) is 1.41. The largest absolute Gasteiger partial charge is 0.497 e. The van der Waals surface area contributed by atoms with Crippen molar-refractivity contribution in [3.63, 3.8) is 0 Å². The quantitative estimate of drug-likeness (QED) is 0.532. The number of methoxy groups -OCH3 is 2. The zero-order valence-corrected chi connectivity index (χ0v) is 13.4. The van der Waals surface area contributed by atoms with Gasteiger partial charge in [-0.25, -0.2) is 0 Å². The second-order valence-corrected chi connectivity index (χ2v) is 5.21. The number of esters is 1. The van der Waals surface area contributed by atoms with Gasteiger partial charge in [-0.05, 0) is 24.3 Å². The topological polar surface area (TPSA) is 65.7 Å². The molecule has 0 aliphatic heterocycles. The van der Waals surface area contributed by atoms with E-state index in [1.165, 1.54) is 7.11 Å². The summed E-state index contributed by atoms with van der Waals surface area (Å²) < 4.78 is 15.5. The van der Waals surface area contributed by atoms with E-state index >= 15 is 0 Å². The monoisotopic (exact) mass is 324 g/mol. The molecule has 0 aliphatic carbocycles. The van der Waals surface area contributed by atoms with Crippen molar-refractivity contribution in [3.05, 3.63) is 65.6 Å². The third-order valence-electron chi connectivity index (χ3n) is 3.79. The number of hydrogen-bond donors (Lipinski definition) is 0. The lowest BCUT2D eigenvalue weighted by molar-refractivity contribution is -0.140. The van der Waals surface area contributed by atoms with Crippen molar-refractivity contribution in [3.8, 4) is 5.75 Å². The Morgan fingerprint density at radius 3 is 2.25 bits per heavy atom. The summed E-state index contributed by atoms with van der Waals surface area (Å²) in [5.41, 5.74) is 0.486. The van der Waals surface area contributed by atoms with E-state index < -0.39 is 5.97 Å². The SMILES string of the molecule is COC(=O)Cc1oc(C(=O)c2ccc(OC)cc2)c2ccccc12. The van der Waals surface area contributed by atoms with Gasteiger partial charge in [-0.2, -0.15) is 0 Å². The van der Waals surface area contributed by atoms with Gasteiger partial charge in [-0.15, -0.1) is 0 Å². The summed E-state index contributed by atoms with van der Waals surface area (Å²) in [5.74, 6) is 0.647. The molecule has 5 heteroatoms. The first-order valence-electron chi connectivity index (χ1n) is 7.40. The van der Waals surface area contributed by atoms with E-state index in [0.717, 1.165) is 5.39 Å². The highest BCUT2D eigenvalue weighted by molar-refractivity contribution is 6.15. The number of rotatable bonds is 5. The van der Waals surface area contributed by atoms with Gasteiger partial charge < -0.3 is 13.9 Å². The van der Waals surface area contributed by atoms with E-state index in [2.05, 4.69) is 4.74 Å². The Kier molecular flexibility index (Phi) is 4.33. The predicted molar refractivity (Wildman–Crippen MR) is 88.4 cm³/mol. The molecule has 3 aromatic rings. The Bertz CT molecular complexity index is 890. The van der Waals surface area contributed by atoms with E-state index in [-0.39, 0.29) is 18.0 Å². The van der Waals surface area contributed by atoms with Gasteiger partial charge in [0.05, 0.1) is 14.2 Å². The van der Waals surface area contributed by atoms with Crippen LogP contribution in [-0.2, 0) is 16.0 Å². The average Bonchev–Trinajstić information content (AvgIpc) is 2.99. The van der Waals surface area contributed by atoms with Crippen LogP contribution in [0.4, 0.5) is 0 Å². The highest BCUT2D eigenvalue weighted by Gasteiger charge is 2.21. The van der Waals surface area contributed by atoms with E-state index in [4.69, 9.17) is 9.15 Å². The van der Waals surface area contributed by atoms with Crippen LogP contribution in [-0.4, -0.2) is 26.0 Å². The van der Waals surface area contributed by atoms with Crippen LogP contribution in [0.1, 0.15) is 21.9 Å². The summed E-state index contributed by atoms with van der Waals surface area (Å²) in [4.78, 5) is 24.3. The van der Waals surface area contributed by atoms with Crippen LogP contribution >= 0.6 is 0 Å². The minimum atomic E-state index is -0.419. The Morgan fingerprint density at radius 1 is 0.958 bits per heavy atom. The maximum atomic E-state index is 12.8. The molecular weight excluding hydrogens is 308 g/mol. The highest BCUT2D eigenvalue weighted by atomic mass is 16.5. The fourth-order valence-electron chi connectivity index (χ4n) is 2.53. The Morgan fingerprint density at radius 2 is 1.62 bits per heavy atom. The van der Waals surface area contributed by atoms with E-state index in [1.54, 1.807) is 37.4 Å². The summed E-state index contributed by atoms with van der Waals surface area (Å²) in [7, 11) is 2.88. The van der Waals surface area contributed by atoms with Crippen LogP contribution in [0.2, 0.25) is 0 Å². The third-order valence-corrected chi connectivity index (χ3v) is 3.79. The van der Waals surface area contributed by atoms with Gasteiger partial charge >= 0.3 is 5.97 Å². The molecule has 0 atom stereocenters. The molecule has 2 aromatic carbocycles. The smallest absolute Gasteiger partial charge is 0.313 e. The predicted octanol–water partition coefficient (Wildman–Crippen LogP) is 3.39. The van der Waals surface area contributed by atoms with Gasteiger partial charge in [0.1, 0.15) is 17.9 Å². The molecule has 1 heterocycles. The molecule has 0 unspecified atom stereocenters. The molecule has 3 rings (SSSR count). The standard InChI is InChI=1S/C19H16O5/c1-22-13-9-7-12(8-10-13)18(21)19-15-6-4-3-5-14(15)16(24-19)11-17(20)23-2/h3-10H,11H2,1-2H3. The van der Waals surface area contributed by atoms with Crippen molar-refractivity contribution in [2.24, 2.45) is 0 Å². The van der Waals surface area contributed by atoms with Gasteiger partial charge in [0.2, 0.25) is 5.78 Å². The second kappa shape index (κ2) is 6.58. The van der Waals surface area contributed by atoms with Crippen LogP contribution < -0.4 is 4.74 Å². The number of carbonyl (C=O) groups excluding carboxylic acids is 2. The van der Waals surface area contributed by atoms with Crippen molar-refractivity contribution >= 4 is 22.5 Å². The van der Waals surface area contributed by atoms with Crippen LogP contribution in [0, 0.1) is 0 Å². The minimum absolute atomic E-state index is 0.0209. The lowest BCUT2D eigenvalue weighted by Gasteiger charge is -2.01. The number of ketones is 1. The molecule has 0 fully saturated rings. The molecule has 0 spiro atoms. The van der Waals surface area contributed by atoms with Gasteiger partial charge in [-0.1, -0.05) is 24.3 Å². The van der Waals surface area contributed by atoms with Crippen LogP contribution in [0.15, 0.2) is 52.9 Å². The molecule has 0 saturated carbocycles. The molecule has 0 amide bonds. The lowest BCUT2D eigenvalue weighted by atomic mass is 10.0. The lowest BCUT2D eigenvalue weighted by Crippen LogP contribution is -2.04. The van der Waals surface area contributed by atoms with Crippen molar-refractivity contribution in [1.82, 2.24) is 0 Å². The molecule has 0 aliphatic rings. The minimum Gasteiger partial charge on any atom is -0.497 e. The van der Waals surface area contributed by atoms with Gasteiger partial charge in [-0.3, -0.25) is 9.59 Å². The first kappa shape index (κ1) is 15.8. The third kappa shape index (κ3) is 2.88. The number of benzene rings is 2. The summed E-state index contributed by atoms with van der Waals surface area (Å²) in [6.45, 7) is 0. The Labute approximate surface area is 138 Å². The van der Waals surface area contributed by atoms with Crippen molar-refractivity contribution in [2.75, 3.05) is 14.2 Å². The van der Waals surface area contributed by atoms with Crippen molar-refractivity contribution in [1.29, 1.82) is 0 Å². The number of fused-ring (bicyclic) bond motifs is 1. The fraction of sp³-hybridized carbons (Fsp3) is 0.158. The van der Waals surface area contributed by atoms with Gasteiger partial charge in [0.25, 0.3) is 0 Å². The maximum absolute atomic E-state index is 12.8. The molecule has 1 aromatic heterocycles. The second-order valence-electron chi connectivity index (χ2n) is 5.21. The summed E-state index contributed by atoms with van der Waals surface area (Å²) >= 11 is 0. The normalized spacial score (nSPS) is 10.6. The Hall–Kier alpha value is -3.08. The number of ether oxygens (including phenoxy) is 2. The van der Waals surface area contributed by atoms with Crippen LogP contribution in [0.25, 0.3) is 10.8 Å². The molecule has 24 heavy (non-hydrogen) atoms. The van der Waals surface area contributed by atoms with Crippen LogP contribution in [0.5, 0.6) is 5.75 Å². The van der Waals surface area contributed by atoms with Gasteiger partial charge in [0, 0.05) is 16.3 Å². The Balaban J connectivity index is 2.04. The highest BCUT2D eigenvalue weighted by Crippen LogP contribution is 2.29. The molecular formula is C19H16O5. The number of carbonyl (C=O) groups is 2. The van der Waals surface area contributed by atoms with E-state index in [9.17, 15) is 9.59 Å². The van der Waals surface area contributed by atoms with Crippen molar-refractivity contribution < 1.29 is 23.5 Å². The average molecular weight is 324 g/mol. The van der Waals surface area contributed by atoms with E-state index in [0.29, 0.717) is 22.5 Å². The molecule has 122 valence electrons. The number of furan rings is 1. The first-order chi connectivity index (χ1) is 11.6. The molecule has 0 radical (unpaired) electrons. The molecule has 0 bridgehead atoms. The van der Waals surface area contributed by atoms with Crippen molar-refractivity contribution in [2.45, 2.75) is 6.42 Å². The molecule has 5 nitrogen and oxygen atoms in total. The first-order valence-corrected chi connectivity index (χ1v) is 7.40. The fourth-order valence-corrected chi connectivity index (χ4v) is 2.53. The zero-order valence-electron chi connectivity index (χ0n) is 13.4. The summed E-state index contributed by atoms with van der Waals surface area (Å²) in [6, 6.07) is 14.1. The maximum Gasteiger partial charge on any atom is 0.313 e. The van der Waals surface area contributed by atoms with Gasteiger partial charge in [0.15, 0.2) is 5.76 Å². The summed E-state index contributed by atoms with van der Waals surface area (Å²) in [6.07, 6.45) is -0.0209. The molecule has 0 N–H and O–H groups in total. The zero-order chi connectivity index (χ0) is 17.1. The molecule has 0 saturated heterocycles.